The predicted molar refractivity (Wildman–Crippen MR) is 66.7 cm³/mol. The molecule has 0 N–H and O–H groups in total. The van der Waals surface area contributed by atoms with Gasteiger partial charge in [0.1, 0.15) is 0 Å². The van der Waals surface area contributed by atoms with Gasteiger partial charge in [-0.3, -0.25) is 0 Å². The second kappa shape index (κ2) is 6.67. The summed E-state index contributed by atoms with van der Waals surface area (Å²) < 4.78 is 36.8. The van der Waals surface area contributed by atoms with E-state index in [9.17, 15) is 13.2 Å². The molecule has 0 bridgehead atoms. The van der Waals surface area contributed by atoms with Crippen molar-refractivity contribution >= 4 is 0 Å². The summed E-state index contributed by atoms with van der Waals surface area (Å²) >= 11 is 0. The van der Waals surface area contributed by atoms with Crippen LogP contribution in [0.5, 0.6) is 0 Å². The Bertz CT molecular complexity index is 308. The zero-order chi connectivity index (χ0) is 13.6. The summed E-state index contributed by atoms with van der Waals surface area (Å²) in [7, 11) is 0. The van der Waals surface area contributed by atoms with Crippen LogP contribution >= 0.6 is 0 Å². The molecule has 0 aromatic rings. The number of hydrogen-bond acceptors (Lipinski definition) is 0. The van der Waals surface area contributed by atoms with Crippen LogP contribution in [0.4, 0.5) is 13.2 Å². The molecule has 0 aromatic carbocycles. The number of halogens is 3. The monoisotopic (exact) mass is 246 g/mol. The highest BCUT2D eigenvalue weighted by Gasteiger charge is 2.31. The molecule has 0 aliphatic heterocycles. The van der Waals surface area contributed by atoms with Gasteiger partial charge in [-0.05, 0) is 31.3 Å². The summed E-state index contributed by atoms with van der Waals surface area (Å²) in [6, 6.07) is 0. The van der Waals surface area contributed by atoms with Gasteiger partial charge < -0.3 is 0 Å². The van der Waals surface area contributed by atoms with Gasteiger partial charge in [-0.25, -0.2) is 0 Å². The van der Waals surface area contributed by atoms with E-state index in [1.165, 1.54) is 0 Å². The van der Waals surface area contributed by atoms with E-state index in [1.54, 1.807) is 6.92 Å². The maximum Gasteiger partial charge on any atom is 0.389 e. The Morgan fingerprint density at radius 3 is 2.18 bits per heavy atom. The third kappa shape index (κ3) is 7.03. The quantitative estimate of drug-likeness (QED) is 0.578. The molecule has 2 atom stereocenters. The van der Waals surface area contributed by atoms with Crippen molar-refractivity contribution in [3.63, 3.8) is 0 Å². The molecule has 0 amide bonds. The van der Waals surface area contributed by atoms with Gasteiger partial charge in [0.15, 0.2) is 0 Å². The molecule has 0 spiro atoms. The van der Waals surface area contributed by atoms with Gasteiger partial charge in [-0.15, -0.1) is 0 Å². The van der Waals surface area contributed by atoms with Crippen LogP contribution in [0.3, 0.4) is 0 Å². The van der Waals surface area contributed by atoms with E-state index in [2.05, 4.69) is 6.58 Å². The van der Waals surface area contributed by atoms with Crippen molar-refractivity contribution in [2.24, 2.45) is 11.8 Å². The van der Waals surface area contributed by atoms with Crippen molar-refractivity contribution in [3.05, 3.63) is 36.0 Å². The first kappa shape index (κ1) is 16.0. The largest absolute Gasteiger partial charge is 0.389 e. The minimum Gasteiger partial charge on any atom is -0.171 e. The molecule has 0 heterocycles. The van der Waals surface area contributed by atoms with E-state index >= 15 is 0 Å². The van der Waals surface area contributed by atoms with Crippen molar-refractivity contribution in [1.82, 2.24) is 0 Å². The van der Waals surface area contributed by atoms with E-state index in [0.29, 0.717) is 0 Å². The maximum atomic E-state index is 12.3. The summed E-state index contributed by atoms with van der Waals surface area (Å²) in [6.07, 6.45) is 0.759. The van der Waals surface area contributed by atoms with E-state index in [-0.39, 0.29) is 5.92 Å². The van der Waals surface area contributed by atoms with Gasteiger partial charge in [0, 0.05) is 6.42 Å². The molecule has 0 fully saturated rings. The Labute approximate surface area is 102 Å². The topological polar surface area (TPSA) is 0 Å². The van der Waals surface area contributed by atoms with Crippen molar-refractivity contribution in [1.29, 1.82) is 0 Å². The van der Waals surface area contributed by atoms with E-state index < -0.39 is 18.5 Å². The first-order valence-electron chi connectivity index (χ1n) is 5.74. The molecule has 17 heavy (non-hydrogen) atoms. The molecule has 0 aliphatic carbocycles. The van der Waals surface area contributed by atoms with Gasteiger partial charge in [0.2, 0.25) is 0 Å². The fourth-order valence-corrected chi connectivity index (χ4v) is 1.52. The molecule has 2 unspecified atom stereocenters. The van der Waals surface area contributed by atoms with E-state index in [4.69, 9.17) is 0 Å². The Kier molecular flexibility index (Phi) is 6.29. The number of alkyl halides is 3. The minimum atomic E-state index is -4.09. The lowest BCUT2D eigenvalue weighted by atomic mass is 9.89. The molecule has 0 saturated carbocycles. The molecular weight excluding hydrogens is 225 g/mol. The van der Waals surface area contributed by atoms with Gasteiger partial charge in [0.05, 0.1) is 0 Å². The molecule has 3 heteroatoms. The van der Waals surface area contributed by atoms with E-state index in [0.717, 1.165) is 11.1 Å². The number of allylic oxidation sites excluding steroid dienone is 5. The zero-order valence-electron chi connectivity index (χ0n) is 10.9. The minimum absolute atomic E-state index is 0.125. The van der Waals surface area contributed by atoms with Gasteiger partial charge in [-0.2, -0.15) is 13.2 Å². The van der Waals surface area contributed by atoms with Crippen LogP contribution in [0.15, 0.2) is 36.0 Å². The lowest BCUT2D eigenvalue weighted by molar-refractivity contribution is -0.145. The molecule has 0 aromatic heterocycles. The first-order valence-corrected chi connectivity index (χ1v) is 5.74. The van der Waals surface area contributed by atoms with E-state index in [1.807, 2.05) is 39.0 Å². The fourth-order valence-electron chi connectivity index (χ4n) is 1.52. The van der Waals surface area contributed by atoms with Crippen molar-refractivity contribution in [2.75, 3.05) is 0 Å². The highest BCUT2D eigenvalue weighted by molar-refractivity contribution is 5.36. The average molecular weight is 246 g/mol. The Balaban J connectivity index is 4.74. The van der Waals surface area contributed by atoms with Crippen molar-refractivity contribution in [3.8, 4) is 0 Å². The fraction of sp³-hybridized carbons (Fsp3) is 0.571. The Morgan fingerprint density at radius 1 is 1.29 bits per heavy atom. The second-order valence-electron chi connectivity index (χ2n) is 4.56. The SMILES string of the molecule is C=C(C)C(/C=C\C)=C/C(C)C(C)CC(F)(F)F. The normalized spacial score (nSPS) is 17.2. The average Bonchev–Trinajstić information content (AvgIpc) is 2.13. The van der Waals surface area contributed by atoms with Crippen LogP contribution in [0.1, 0.15) is 34.1 Å². The number of rotatable bonds is 5. The maximum absolute atomic E-state index is 12.3. The smallest absolute Gasteiger partial charge is 0.171 e. The zero-order valence-corrected chi connectivity index (χ0v) is 10.9. The second-order valence-corrected chi connectivity index (χ2v) is 4.56. The number of hydrogen-bond donors (Lipinski definition) is 0. The summed E-state index contributed by atoms with van der Waals surface area (Å²) in [5.74, 6) is -0.547. The highest BCUT2D eigenvalue weighted by Crippen LogP contribution is 2.30. The predicted octanol–water partition coefficient (Wildman–Crippen LogP) is 5.29. The lowest BCUT2D eigenvalue weighted by Crippen LogP contribution is -2.17. The third-order valence-corrected chi connectivity index (χ3v) is 2.73. The van der Waals surface area contributed by atoms with Gasteiger partial charge in [-0.1, -0.05) is 44.2 Å². The molecule has 0 rings (SSSR count). The van der Waals surface area contributed by atoms with Crippen LogP contribution in [0.2, 0.25) is 0 Å². The van der Waals surface area contributed by atoms with Crippen molar-refractivity contribution < 1.29 is 13.2 Å². The first-order chi connectivity index (χ1) is 7.67. The molecular formula is C14H21F3. The van der Waals surface area contributed by atoms with Crippen LogP contribution in [0, 0.1) is 11.8 Å². The highest BCUT2D eigenvalue weighted by atomic mass is 19.4. The van der Waals surface area contributed by atoms with Crippen LogP contribution in [-0.2, 0) is 0 Å². The van der Waals surface area contributed by atoms with Crippen LogP contribution in [0.25, 0.3) is 0 Å². The van der Waals surface area contributed by atoms with Crippen molar-refractivity contribution in [2.45, 2.75) is 40.3 Å². The molecule has 0 nitrogen and oxygen atoms in total. The third-order valence-electron chi connectivity index (χ3n) is 2.73. The molecule has 0 aliphatic rings. The Hall–Kier alpha value is -0.990. The Morgan fingerprint density at radius 2 is 1.82 bits per heavy atom. The van der Waals surface area contributed by atoms with Crippen LogP contribution in [-0.4, -0.2) is 6.18 Å². The molecule has 98 valence electrons. The summed E-state index contributed by atoms with van der Waals surface area (Å²) in [4.78, 5) is 0. The summed E-state index contributed by atoms with van der Waals surface area (Å²) in [5.41, 5.74) is 1.78. The summed E-state index contributed by atoms with van der Waals surface area (Å²) in [6.45, 7) is 11.0. The standard InChI is InChI=1S/C14H21F3/c1-6-7-13(10(2)3)8-11(4)12(5)9-14(15,16)17/h6-8,11-12H,2,9H2,1,3-5H3/b7-6-,13-8+. The lowest BCUT2D eigenvalue weighted by Gasteiger charge is -2.19. The van der Waals surface area contributed by atoms with Gasteiger partial charge in [0.25, 0.3) is 0 Å². The molecule has 0 saturated heterocycles. The summed E-state index contributed by atoms with van der Waals surface area (Å²) in [5, 5.41) is 0. The van der Waals surface area contributed by atoms with Crippen LogP contribution < -0.4 is 0 Å². The molecule has 0 radical (unpaired) electrons. The van der Waals surface area contributed by atoms with Gasteiger partial charge >= 0.3 is 6.18 Å².